The fourth-order valence-corrected chi connectivity index (χ4v) is 9.92. The third-order valence-electron chi connectivity index (χ3n) is 12.6. The van der Waals surface area contributed by atoms with Crippen molar-refractivity contribution in [2.45, 2.75) is 123 Å². The number of benzene rings is 1. The summed E-state index contributed by atoms with van der Waals surface area (Å²) in [5, 5.41) is 11.9. The molecule has 0 bridgehead atoms. The molecule has 1 aromatic carbocycles. The molecule has 0 saturated heterocycles. The number of fused-ring (bicyclic) bond motifs is 5. The van der Waals surface area contributed by atoms with E-state index in [1.807, 2.05) is 46.8 Å². The predicted molar refractivity (Wildman–Crippen MR) is 191 cm³/mol. The lowest BCUT2D eigenvalue weighted by molar-refractivity contribution is -0.228. The number of aliphatic hydroxyl groups is 1. The van der Waals surface area contributed by atoms with Crippen molar-refractivity contribution in [3.8, 4) is 11.5 Å². The van der Waals surface area contributed by atoms with Crippen LogP contribution in [0.1, 0.15) is 116 Å². The van der Waals surface area contributed by atoms with Crippen molar-refractivity contribution in [3.05, 3.63) is 47.6 Å². The molecule has 5 rings (SSSR count). The van der Waals surface area contributed by atoms with Crippen molar-refractivity contribution < 1.29 is 52.4 Å². The molecule has 4 aliphatic rings. The lowest BCUT2D eigenvalue weighted by Gasteiger charge is -2.63. The van der Waals surface area contributed by atoms with Gasteiger partial charge in [-0.25, -0.2) is 14.0 Å². The van der Waals surface area contributed by atoms with Crippen LogP contribution < -0.4 is 9.47 Å². The zero-order valence-electron chi connectivity index (χ0n) is 31.5. The number of aliphatic hydroxyl groups excluding tert-OH is 1. The molecule has 1 aromatic rings. The Hall–Kier alpha value is -3.73. The fraction of sp³-hybridized carbons (Fsp3) is 0.659. The number of ketones is 1. The van der Waals surface area contributed by atoms with E-state index in [2.05, 4.69) is 6.08 Å². The van der Waals surface area contributed by atoms with Gasteiger partial charge in [0.1, 0.15) is 0 Å². The number of Topliss-reactive ketones (excluding diaryl/α,β-unsaturated/α-hetero) is 1. The Morgan fingerprint density at radius 3 is 2.46 bits per heavy atom. The number of halogens is 1. The highest BCUT2D eigenvalue weighted by molar-refractivity contribution is 5.94. The Morgan fingerprint density at radius 2 is 1.75 bits per heavy atom. The van der Waals surface area contributed by atoms with Crippen molar-refractivity contribution in [3.63, 3.8) is 0 Å². The van der Waals surface area contributed by atoms with Crippen LogP contribution in [-0.2, 0) is 23.8 Å². The van der Waals surface area contributed by atoms with E-state index in [1.165, 1.54) is 25.3 Å². The van der Waals surface area contributed by atoms with Crippen LogP contribution in [0, 0.1) is 28.6 Å². The van der Waals surface area contributed by atoms with Gasteiger partial charge in [0, 0.05) is 29.1 Å². The van der Waals surface area contributed by atoms with Gasteiger partial charge in [-0.15, -0.1) is 0 Å². The molecule has 1 N–H and O–H groups in total. The molecule has 0 aliphatic heterocycles. The maximum absolute atomic E-state index is 17.8. The van der Waals surface area contributed by atoms with E-state index in [0.29, 0.717) is 25.7 Å². The van der Waals surface area contributed by atoms with Crippen molar-refractivity contribution in [2.75, 3.05) is 20.3 Å². The molecule has 0 amide bonds. The fourth-order valence-electron chi connectivity index (χ4n) is 9.92. The Labute approximate surface area is 306 Å². The summed E-state index contributed by atoms with van der Waals surface area (Å²) in [6, 6.07) is 4.18. The first kappa shape index (κ1) is 39.5. The van der Waals surface area contributed by atoms with E-state index < -0.39 is 76.4 Å². The summed E-state index contributed by atoms with van der Waals surface area (Å²) in [7, 11) is 1.35. The molecule has 0 radical (unpaired) electrons. The second-order valence-electron chi connectivity index (χ2n) is 15.4. The number of hydrogen-bond donors (Lipinski definition) is 1. The van der Waals surface area contributed by atoms with Crippen LogP contribution in [0.4, 0.5) is 9.18 Å². The van der Waals surface area contributed by atoms with Crippen LogP contribution in [0.2, 0.25) is 0 Å². The standard InChI is InChI=1S/C41H55FO10/c1-7-9-13-21-49-36(46)27-16-19-31(32(23-27)48-6)51-37(47)50-25-34(44)41(52-35(45)15-10-8-2)26(3)22-30-29-18-17-28-14-11-12-20-38(28,4)40(29,42)33(43)24-39(30,41)5/h12,14,16,19-20,23,26,29-30,33,43H,7-11,13,15,17-18,21-22,24-25H2,1-6H3. The van der Waals surface area contributed by atoms with Crippen LogP contribution in [-0.4, -0.2) is 66.7 Å². The van der Waals surface area contributed by atoms with E-state index in [0.717, 1.165) is 37.7 Å². The summed E-state index contributed by atoms with van der Waals surface area (Å²) in [6.45, 7) is 8.98. The number of methoxy groups -OCH3 is 1. The molecule has 0 heterocycles. The number of carbonyl (C=O) groups excluding carboxylic acids is 4. The summed E-state index contributed by atoms with van der Waals surface area (Å²) in [6.07, 6.45) is 9.43. The van der Waals surface area contributed by atoms with Crippen molar-refractivity contribution in [1.82, 2.24) is 0 Å². The second kappa shape index (κ2) is 15.7. The van der Waals surface area contributed by atoms with Gasteiger partial charge >= 0.3 is 18.1 Å². The molecule has 10 nitrogen and oxygen atoms in total. The molecule has 286 valence electrons. The first-order valence-electron chi connectivity index (χ1n) is 18.9. The van der Waals surface area contributed by atoms with Gasteiger partial charge in [0.2, 0.25) is 5.78 Å². The van der Waals surface area contributed by atoms with Crippen molar-refractivity contribution >= 4 is 23.9 Å². The van der Waals surface area contributed by atoms with Crippen LogP contribution in [0.25, 0.3) is 0 Å². The minimum atomic E-state index is -1.98. The van der Waals surface area contributed by atoms with Gasteiger partial charge in [-0.3, -0.25) is 9.59 Å². The monoisotopic (exact) mass is 726 g/mol. The van der Waals surface area contributed by atoms with E-state index in [9.17, 15) is 24.3 Å². The maximum atomic E-state index is 17.8. The number of hydrogen-bond acceptors (Lipinski definition) is 10. The first-order valence-corrected chi connectivity index (χ1v) is 18.9. The number of unbranched alkanes of at least 4 members (excludes halogenated alkanes) is 3. The summed E-state index contributed by atoms with van der Waals surface area (Å²) in [5.74, 6) is -3.30. The molecular weight excluding hydrogens is 671 g/mol. The summed E-state index contributed by atoms with van der Waals surface area (Å²) in [4.78, 5) is 53.5. The quantitative estimate of drug-likeness (QED) is 0.0660. The van der Waals surface area contributed by atoms with Crippen LogP contribution in [0.3, 0.4) is 0 Å². The molecule has 52 heavy (non-hydrogen) atoms. The topological polar surface area (TPSA) is 135 Å². The van der Waals surface area contributed by atoms with Crippen LogP contribution in [0.15, 0.2) is 42.0 Å². The molecule has 8 unspecified atom stereocenters. The minimum absolute atomic E-state index is 0.0462. The van der Waals surface area contributed by atoms with Gasteiger partial charge in [0.25, 0.3) is 0 Å². The minimum Gasteiger partial charge on any atom is -0.493 e. The highest BCUT2D eigenvalue weighted by Crippen LogP contribution is 2.71. The molecule has 8 atom stereocenters. The zero-order valence-corrected chi connectivity index (χ0v) is 31.5. The average Bonchev–Trinajstić information content (AvgIpc) is 3.34. The van der Waals surface area contributed by atoms with Gasteiger partial charge in [0.15, 0.2) is 29.4 Å². The Kier molecular flexibility index (Phi) is 11.9. The molecular formula is C41H55FO10. The molecule has 4 aliphatic carbocycles. The zero-order chi connectivity index (χ0) is 37.9. The van der Waals surface area contributed by atoms with Crippen molar-refractivity contribution in [2.24, 2.45) is 28.6 Å². The third kappa shape index (κ3) is 6.67. The van der Waals surface area contributed by atoms with Gasteiger partial charge < -0.3 is 28.8 Å². The first-order chi connectivity index (χ1) is 24.7. The number of ether oxygens (including phenoxy) is 5. The third-order valence-corrected chi connectivity index (χ3v) is 12.6. The molecule has 0 aromatic heterocycles. The molecule has 3 fully saturated rings. The maximum Gasteiger partial charge on any atom is 0.514 e. The lowest BCUT2D eigenvalue weighted by atomic mass is 9.44. The largest absolute Gasteiger partial charge is 0.514 e. The van der Waals surface area contributed by atoms with Gasteiger partial charge in [-0.1, -0.05) is 70.8 Å². The number of esters is 2. The van der Waals surface area contributed by atoms with E-state index >= 15 is 4.39 Å². The van der Waals surface area contributed by atoms with E-state index in [-0.39, 0.29) is 36.5 Å². The number of carbonyl (C=O) groups is 4. The van der Waals surface area contributed by atoms with Gasteiger partial charge in [-0.05, 0) is 76.0 Å². The Bertz CT molecular complexity index is 1590. The number of alkyl halides is 1. The molecule has 3 saturated carbocycles. The Balaban J connectivity index is 1.37. The van der Waals surface area contributed by atoms with Crippen molar-refractivity contribution in [1.29, 1.82) is 0 Å². The summed E-state index contributed by atoms with van der Waals surface area (Å²) >= 11 is 0. The second-order valence-corrected chi connectivity index (χ2v) is 15.4. The van der Waals surface area contributed by atoms with Gasteiger partial charge in [0.05, 0.1) is 25.4 Å². The summed E-state index contributed by atoms with van der Waals surface area (Å²) < 4.78 is 45.4. The SMILES string of the molecule is CCCCCOC(=O)c1ccc(OC(=O)OCC(=O)C2(OC(=O)CCCC)C(C)CC3C4CCC5=CCC=CC5(C)C4(F)C(O)CC32C)c(OC)c1. The average molecular weight is 727 g/mol. The van der Waals surface area contributed by atoms with E-state index in [4.69, 9.17) is 23.7 Å². The van der Waals surface area contributed by atoms with Gasteiger partial charge in [-0.2, -0.15) is 0 Å². The molecule has 11 heteroatoms. The predicted octanol–water partition coefficient (Wildman–Crippen LogP) is 8.04. The summed E-state index contributed by atoms with van der Waals surface area (Å²) in [5.41, 5.74) is -4.73. The normalized spacial score (nSPS) is 33.1. The highest BCUT2D eigenvalue weighted by atomic mass is 19.1. The van der Waals surface area contributed by atoms with Crippen LogP contribution in [0.5, 0.6) is 11.5 Å². The lowest BCUT2D eigenvalue weighted by Crippen LogP contribution is -2.70. The smallest absolute Gasteiger partial charge is 0.493 e. The number of rotatable bonds is 14. The molecule has 0 spiro atoms. The highest BCUT2D eigenvalue weighted by Gasteiger charge is 2.77. The Morgan fingerprint density at radius 1 is 1.00 bits per heavy atom. The van der Waals surface area contributed by atoms with Crippen LogP contribution >= 0.6 is 0 Å². The number of allylic oxidation sites excluding steroid dienone is 4. The van der Waals surface area contributed by atoms with E-state index in [1.54, 1.807) is 0 Å².